The van der Waals surface area contributed by atoms with Gasteiger partial charge in [-0.1, -0.05) is 19.9 Å². The van der Waals surface area contributed by atoms with E-state index < -0.39 is 11.9 Å². The van der Waals surface area contributed by atoms with E-state index in [1.807, 2.05) is 13.8 Å². The zero-order valence-electron chi connectivity index (χ0n) is 18.8. The van der Waals surface area contributed by atoms with Gasteiger partial charge in [0.2, 0.25) is 5.88 Å². The van der Waals surface area contributed by atoms with E-state index in [9.17, 15) is 9.59 Å². The van der Waals surface area contributed by atoms with E-state index in [2.05, 4.69) is 12.1 Å². The van der Waals surface area contributed by atoms with Crippen molar-refractivity contribution >= 4 is 11.8 Å². The Morgan fingerprint density at radius 1 is 1.19 bits per heavy atom. The Balaban J connectivity index is 1.94. The molecular formula is C25H31NO5. The first kappa shape index (κ1) is 21.5. The number of methoxy groups -OCH3 is 1. The number of rotatable bonds is 4. The second-order valence-corrected chi connectivity index (χ2v) is 9.38. The molecule has 0 saturated carbocycles. The molecule has 1 unspecified atom stereocenters. The Morgan fingerprint density at radius 2 is 1.87 bits per heavy atom. The van der Waals surface area contributed by atoms with Gasteiger partial charge >= 0.3 is 5.97 Å². The van der Waals surface area contributed by atoms with Gasteiger partial charge in [-0.05, 0) is 55.2 Å². The summed E-state index contributed by atoms with van der Waals surface area (Å²) < 4.78 is 17.0. The number of hydrogen-bond acceptors (Lipinski definition) is 6. The lowest BCUT2D eigenvalue weighted by Gasteiger charge is -2.38. The number of aryl methyl sites for hydroxylation is 2. The van der Waals surface area contributed by atoms with E-state index in [0.717, 1.165) is 31.2 Å². The Kier molecular flexibility index (Phi) is 5.58. The van der Waals surface area contributed by atoms with Gasteiger partial charge in [0.15, 0.2) is 5.78 Å². The third kappa shape index (κ3) is 3.84. The summed E-state index contributed by atoms with van der Waals surface area (Å²) in [5.41, 5.74) is 10.0. The Labute approximate surface area is 183 Å². The summed E-state index contributed by atoms with van der Waals surface area (Å²) in [7, 11) is 1.62. The molecule has 6 heteroatoms. The van der Waals surface area contributed by atoms with Crippen molar-refractivity contribution in [1.82, 2.24) is 0 Å². The van der Waals surface area contributed by atoms with Crippen LogP contribution in [0.5, 0.6) is 5.75 Å². The molecule has 0 saturated heterocycles. The van der Waals surface area contributed by atoms with Crippen LogP contribution in [0.15, 0.2) is 34.9 Å². The molecule has 0 spiro atoms. The van der Waals surface area contributed by atoms with Gasteiger partial charge in [-0.15, -0.1) is 0 Å². The van der Waals surface area contributed by atoms with Crippen LogP contribution < -0.4 is 10.5 Å². The predicted molar refractivity (Wildman–Crippen MR) is 116 cm³/mol. The number of allylic oxidation sites excluding steroid dienone is 2. The van der Waals surface area contributed by atoms with E-state index >= 15 is 0 Å². The average molecular weight is 426 g/mol. The van der Waals surface area contributed by atoms with Crippen LogP contribution in [0.25, 0.3) is 0 Å². The molecular weight excluding hydrogens is 394 g/mol. The monoisotopic (exact) mass is 425 g/mol. The van der Waals surface area contributed by atoms with Crippen LogP contribution in [0.4, 0.5) is 0 Å². The second kappa shape index (κ2) is 8.06. The van der Waals surface area contributed by atoms with Crippen molar-refractivity contribution in [2.75, 3.05) is 13.7 Å². The smallest absolute Gasteiger partial charge is 0.340 e. The van der Waals surface area contributed by atoms with Gasteiger partial charge in [-0.2, -0.15) is 0 Å². The fourth-order valence-corrected chi connectivity index (χ4v) is 5.09. The summed E-state index contributed by atoms with van der Waals surface area (Å²) in [5, 5.41) is 0. The number of esters is 1. The maximum Gasteiger partial charge on any atom is 0.340 e. The van der Waals surface area contributed by atoms with E-state index in [-0.39, 0.29) is 29.3 Å². The Morgan fingerprint density at radius 3 is 2.52 bits per heavy atom. The molecule has 6 nitrogen and oxygen atoms in total. The fraction of sp³-hybridized carbons (Fsp3) is 0.520. The van der Waals surface area contributed by atoms with Gasteiger partial charge in [-0.3, -0.25) is 4.79 Å². The Hall–Kier alpha value is -2.76. The lowest BCUT2D eigenvalue weighted by atomic mass is 9.69. The molecule has 1 aliphatic heterocycles. The number of carbonyl (C=O) groups is 2. The SMILES string of the molecule is CCOC(=O)C1=C(N)OC2=C(C(=O)CC(C)(C)C2)C1c1cc2c(cc1OC)CCCC2. The first-order valence-corrected chi connectivity index (χ1v) is 11.1. The highest BCUT2D eigenvalue weighted by Crippen LogP contribution is 2.50. The number of ether oxygens (including phenoxy) is 3. The van der Waals surface area contributed by atoms with Crippen molar-refractivity contribution < 1.29 is 23.8 Å². The molecule has 1 aromatic rings. The minimum atomic E-state index is -0.659. The summed E-state index contributed by atoms with van der Waals surface area (Å²) in [4.78, 5) is 26.3. The van der Waals surface area contributed by atoms with E-state index in [1.54, 1.807) is 14.0 Å². The molecule has 1 atom stereocenters. The van der Waals surface area contributed by atoms with Crippen molar-refractivity contribution in [3.8, 4) is 5.75 Å². The minimum Gasteiger partial charge on any atom is -0.496 e. The quantitative estimate of drug-likeness (QED) is 0.732. The third-order valence-electron chi connectivity index (χ3n) is 6.46. The minimum absolute atomic E-state index is 0.00692. The molecule has 166 valence electrons. The molecule has 4 rings (SSSR count). The summed E-state index contributed by atoms with van der Waals surface area (Å²) in [6, 6.07) is 4.14. The predicted octanol–water partition coefficient (Wildman–Crippen LogP) is 4.06. The number of Topliss-reactive ketones (excluding diaryl/α,β-unsaturated/α-hetero) is 1. The third-order valence-corrected chi connectivity index (χ3v) is 6.46. The number of carbonyl (C=O) groups excluding carboxylic acids is 2. The molecule has 0 radical (unpaired) electrons. The van der Waals surface area contributed by atoms with Crippen molar-refractivity contribution in [2.24, 2.45) is 11.1 Å². The number of benzene rings is 1. The zero-order valence-corrected chi connectivity index (χ0v) is 18.8. The molecule has 3 aliphatic rings. The van der Waals surface area contributed by atoms with Crippen molar-refractivity contribution in [2.45, 2.75) is 65.2 Å². The maximum absolute atomic E-state index is 13.4. The van der Waals surface area contributed by atoms with Gasteiger partial charge in [0.1, 0.15) is 17.1 Å². The summed E-state index contributed by atoms with van der Waals surface area (Å²) >= 11 is 0. The topological polar surface area (TPSA) is 87.9 Å². The number of nitrogens with two attached hydrogens (primary N) is 1. The van der Waals surface area contributed by atoms with Crippen LogP contribution in [0.2, 0.25) is 0 Å². The number of fused-ring (bicyclic) bond motifs is 1. The number of ketones is 1. The maximum atomic E-state index is 13.4. The molecule has 0 fully saturated rings. The molecule has 0 amide bonds. The highest BCUT2D eigenvalue weighted by Gasteiger charge is 2.46. The standard InChI is InChI=1S/C25H31NO5/c1-5-30-24(28)22-20(16-10-14-8-6-7-9-15(14)11-18(16)29-4)21-17(27)12-25(2,3)13-19(21)31-23(22)26/h10-11,20H,5-9,12-13,26H2,1-4H3. The molecule has 1 aromatic carbocycles. The lowest BCUT2D eigenvalue weighted by Crippen LogP contribution is -2.36. The zero-order chi connectivity index (χ0) is 22.3. The van der Waals surface area contributed by atoms with Crippen molar-refractivity contribution in [3.63, 3.8) is 0 Å². The summed E-state index contributed by atoms with van der Waals surface area (Å²) in [6.45, 7) is 6.02. The normalized spacial score (nSPS) is 22.5. The molecule has 31 heavy (non-hydrogen) atoms. The largest absolute Gasteiger partial charge is 0.496 e. The van der Waals surface area contributed by atoms with Crippen molar-refractivity contribution in [3.05, 3.63) is 51.6 Å². The van der Waals surface area contributed by atoms with E-state index in [0.29, 0.717) is 29.9 Å². The van der Waals surface area contributed by atoms with Crippen LogP contribution >= 0.6 is 0 Å². The van der Waals surface area contributed by atoms with Gasteiger partial charge in [0, 0.05) is 24.0 Å². The van der Waals surface area contributed by atoms with Gasteiger partial charge in [-0.25, -0.2) is 4.79 Å². The first-order valence-electron chi connectivity index (χ1n) is 11.1. The van der Waals surface area contributed by atoms with Crippen LogP contribution in [-0.4, -0.2) is 25.5 Å². The van der Waals surface area contributed by atoms with Gasteiger partial charge in [0.05, 0.1) is 19.6 Å². The van der Waals surface area contributed by atoms with Gasteiger partial charge < -0.3 is 19.9 Å². The Bertz CT molecular complexity index is 1000. The van der Waals surface area contributed by atoms with Crippen LogP contribution in [-0.2, 0) is 31.9 Å². The highest BCUT2D eigenvalue weighted by atomic mass is 16.5. The van der Waals surface area contributed by atoms with E-state index in [4.69, 9.17) is 19.9 Å². The molecule has 2 aliphatic carbocycles. The average Bonchev–Trinajstić information content (AvgIpc) is 2.70. The van der Waals surface area contributed by atoms with Crippen LogP contribution in [0, 0.1) is 5.41 Å². The van der Waals surface area contributed by atoms with E-state index in [1.165, 1.54) is 11.1 Å². The fourth-order valence-electron chi connectivity index (χ4n) is 5.09. The summed E-state index contributed by atoms with van der Waals surface area (Å²) in [6.07, 6.45) is 5.20. The lowest BCUT2D eigenvalue weighted by molar-refractivity contribution is -0.139. The van der Waals surface area contributed by atoms with Crippen molar-refractivity contribution in [1.29, 1.82) is 0 Å². The molecule has 2 N–H and O–H groups in total. The molecule has 1 heterocycles. The molecule has 0 aromatic heterocycles. The highest BCUT2D eigenvalue weighted by molar-refractivity contribution is 6.03. The first-order chi connectivity index (χ1) is 14.8. The van der Waals surface area contributed by atoms with Gasteiger partial charge in [0.25, 0.3) is 0 Å². The second-order valence-electron chi connectivity index (χ2n) is 9.38. The number of hydrogen-bond donors (Lipinski definition) is 1. The van der Waals surface area contributed by atoms with Crippen LogP contribution in [0.3, 0.4) is 0 Å². The molecule has 0 bridgehead atoms. The summed E-state index contributed by atoms with van der Waals surface area (Å²) in [5.74, 6) is -0.0245. The van der Waals surface area contributed by atoms with Crippen LogP contribution in [0.1, 0.15) is 69.1 Å².